The molecule has 4 aliphatic carbocycles. The summed E-state index contributed by atoms with van der Waals surface area (Å²) >= 11 is 0. The van der Waals surface area contributed by atoms with Crippen LogP contribution in [0.3, 0.4) is 0 Å². The van der Waals surface area contributed by atoms with E-state index in [2.05, 4.69) is 62.3 Å². The molecule has 39 heavy (non-hydrogen) atoms. The summed E-state index contributed by atoms with van der Waals surface area (Å²) in [5, 5.41) is 0. The summed E-state index contributed by atoms with van der Waals surface area (Å²) in [6, 6.07) is 0. The van der Waals surface area contributed by atoms with Gasteiger partial charge in [-0.1, -0.05) is 80.1 Å². The van der Waals surface area contributed by atoms with Crippen LogP contribution in [0.4, 0.5) is 0 Å². The fraction of sp³-hybridized carbons (Fsp3) is 1.00. The number of fused-ring (bicyclic) bond motifs is 1. The van der Waals surface area contributed by atoms with Crippen LogP contribution in [0.1, 0.15) is 165 Å². The number of hydrogen-bond donors (Lipinski definition) is 0. The van der Waals surface area contributed by atoms with Gasteiger partial charge in [0.25, 0.3) is 0 Å². The van der Waals surface area contributed by atoms with Crippen molar-refractivity contribution in [1.82, 2.24) is 0 Å². The van der Waals surface area contributed by atoms with Crippen molar-refractivity contribution < 1.29 is 4.74 Å². The molecule has 0 amide bonds. The zero-order valence-corrected chi connectivity index (χ0v) is 28.1. The molecule has 0 heterocycles. The van der Waals surface area contributed by atoms with Crippen LogP contribution < -0.4 is 0 Å². The molecular formula is C38H70O. The van der Waals surface area contributed by atoms with Gasteiger partial charge in [-0.25, -0.2) is 0 Å². The minimum Gasteiger partial charge on any atom is -0.376 e. The van der Waals surface area contributed by atoms with E-state index in [4.69, 9.17) is 4.74 Å². The molecule has 0 aromatic rings. The maximum absolute atomic E-state index is 5.91. The minimum absolute atomic E-state index is 0.0205. The van der Waals surface area contributed by atoms with E-state index in [1.54, 1.807) is 19.3 Å². The summed E-state index contributed by atoms with van der Waals surface area (Å²) in [6.45, 7) is 23.0. The smallest absolute Gasteiger partial charge is 0.0598 e. The Kier molecular flexibility index (Phi) is 10.7. The van der Waals surface area contributed by atoms with Gasteiger partial charge < -0.3 is 4.74 Å². The van der Waals surface area contributed by atoms with Gasteiger partial charge in [-0.05, 0) is 149 Å². The van der Waals surface area contributed by atoms with Crippen molar-refractivity contribution in [3.8, 4) is 0 Å². The van der Waals surface area contributed by atoms with E-state index in [1.165, 1.54) is 83.5 Å². The van der Waals surface area contributed by atoms with Crippen molar-refractivity contribution in [2.75, 3.05) is 6.61 Å². The van der Waals surface area contributed by atoms with E-state index < -0.39 is 0 Å². The molecule has 1 heteroatoms. The maximum Gasteiger partial charge on any atom is 0.0598 e. The third-order valence-electron chi connectivity index (χ3n) is 13.0. The van der Waals surface area contributed by atoms with Gasteiger partial charge in [-0.3, -0.25) is 0 Å². The summed E-state index contributed by atoms with van der Waals surface area (Å²) in [5.74, 6) is 9.02. The molecule has 228 valence electrons. The van der Waals surface area contributed by atoms with Crippen molar-refractivity contribution in [2.24, 2.45) is 64.1 Å². The van der Waals surface area contributed by atoms with E-state index in [1.807, 2.05) is 0 Å². The Morgan fingerprint density at radius 1 is 0.615 bits per heavy atom. The van der Waals surface area contributed by atoms with Crippen LogP contribution >= 0.6 is 0 Å². The Morgan fingerprint density at radius 3 is 1.92 bits per heavy atom. The summed E-state index contributed by atoms with van der Waals surface area (Å²) in [6.07, 6.45) is 23.7. The van der Waals surface area contributed by atoms with E-state index >= 15 is 0 Å². The average Bonchev–Trinajstić information content (AvgIpc) is 3.46. The van der Waals surface area contributed by atoms with Crippen LogP contribution in [0.15, 0.2) is 0 Å². The predicted molar refractivity (Wildman–Crippen MR) is 170 cm³/mol. The Bertz CT molecular complexity index is 729. The predicted octanol–water partition coefficient (Wildman–Crippen LogP) is 11.7. The van der Waals surface area contributed by atoms with Crippen LogP contribution in [-0.2, 0) is 4.74 Å². The highest BCUT2D eigenvalue weighted by atomic mass is 16.5. The van der Waals surface area contributed by atoms with Gasteiger partial charge in [0.1, 0.15) is 0 Å². The molecule has 0 aromatic heterocycles. The molecule has 0 aliphatic heterocycles. The first-order chi connectivity index (χ1) is 18.3. The number of rotatable bonds is 10. The van der Waals surface area contributed by atoms with Crippen molar-refractivity contribution in [3.63, 3.8) is 0 Å². The number of hydrogen-bond acceptors (Lipinski definition) is 1. The SMILES string of the molecule is CC1CC2C(C3CCC(C(C)(C)C)CC3)CCCC2C1C(C)(C)C1CCC(CCCCCCOC(C)(C)C)C1. The van der Waals surface area contributed by atoms with Crippen molar-refractivity contribution in [3.05, 3.63) is 0 Å². The quantitative estimate of drug-likeness (QED) is 0.249. The van der Waals surface area contributed by atoms with E-state index in [9.17, 15) is 0 Å². The van der Waals surface area contributed by atoms with Crippen molar-refractivity contribution in [2.45, 2.75) is 171 Å². The Morgan fingerprint density at radius 2 is 1.26 bits per heavy atom. The molecular weight excluding hydrogens is 472 g/mol. The van der Waals surface area contributed by atoms with Crippen molar-refractivity contribution in [1.29, 1.82) is 0 Å². The van der Waals surface area contributed by atoms with E-state index in [0.29, 0.717) is 10.8 Å². The minimum atomic E-state index is 0.0205. The van der Waals surface area contributed by atoms with E-state index in [-0.39, 0.29) is 5.60 Å². The summed E-state index contributed by atoms with van der Waals surface area (Å²) in [4.78, 5) is 0. The van der Waals surface area contributed by atoms with Gasteiger partial charge in [0, 0.05) is 6.61 Å². The second-order valence-electron chi connectivity index (χ2n) is 18.0. The van der Waals surface area contributed by atoms with Crippen molar-refractivity contribution >= 4 is 0 Å². The van der Waals surface area contributed by atoms with Gasteiger partial charge in [-0.15, -0.1) is 0 Å². The summed E-state index contributed by atoms with van der Waals surface area (Å²) in [7, 11) is 0. The maximum atomic E-state index is 5.91. The van der Waals surface area contributed by atoms with Gasteiger partial charge in [0.2, 0.25) is 0 Å². The second-order valence-corrected chi connectivity index (χ2v) is 18.0. The molecule has 0 spiro atoms. The molecule has 0 N–H and O–H groups in total. The molecule has 4 saturated carbocycles. The molecule has 0 radical (unpaired) electrons. The van der Waals surface area contributed by atoms with Gasteiger partial charge in [-0.2, -0.15) is 0 Å². The lowest BCUT2D eigenvalue weighted by atomic mass is 9.57. The fourth-order valence-corrected chi connectivity index (χ4v) is 11.0. The lowest BCUT2D eigenvalue weighted by Gasteiger charge is -2.48. The Hall–Kier alpha value is -0.0400. The highest BCUT2D eigenvalue weighted by Crippen LogP contribution is 2.62. The van der Waals surface area contributed by atoms with Gasteiger partial charge >= 0.3 is 0 Å². The van der Waals surface area contributed by atoms with E-state index in [0.717, 1.165) is 59.9 Å². The number of ether oxygens (including phenoxy) is 1. The zero-order valence-electron chi connectivity index (χ0n) is 28.1. The largest absolute Gasteiger partial charge is 0.376 e. The third-order valence-corrected chi connectivity index (χ3v) is 13.0. The lowest BCUT2D eigenvalue weighted by Crippen LogP contribution is -2.41. The highest BCUT2D eigenvalue weighted by Gasteiger charge is 2.54. The first kappa shape index (κ1) is 31.9. The zero-order chi connectivity index (χ0) is 28.4. The number of unbranched alkanes of at least 4 members (excludes halogenated alkanes) is 3. The highest BCUT2D eigenvalue weighted by molar-refractivity contribution is 5.04. The molecule has 4 aliphatic rings. The molecule has 7 unspecified atom stereocenters. The molecule has 4 rings (SSSR count). The van der Waals surface area contributed by atoms with Crippen LogP contribution in [0, 0.1) is 64.1 Å². The third kappa shape index (κ3) is 8.08. The first-order valence-corrected chi connectivity index (χ1v) is 17.9. The standard InChI is InChI=1S/C38H70O/c1-27-25-34-32(29-19-22-30(23-20-29)36(2,3)4)16-14-17-33(34)35(27)38(8,9)31-21-18-28(26-31)15-12-10-11-13-24-39-37(5,6)7/h27-35H,10-26H2,1-9H3. The molecule has 7 atom stereocenters. The summed E-state index contributed by atoms with van der Waals surface area (Å²) in [5.41, 5.74) is 1.06. The Balaban J connectivity index is 1.26. The average molecular weight is 543 g/mol. The van der Waals surface area contributed by atoms with Crippen LogP contribution in [-0.4, -0.2) is 12.2 Å². The van der Waals surface area contributed by atoms with Crippen LogP contribution in [0.2, 0.25) is 0 Å². The summed E-state index contributed by atoms with van der Waals surface area (Å²) < 4.78 is 5.91. The fourth-order valence-electron chi connectivity index (χ4n) is 11.0. The first-order valence-electron chi connectivity index (χ1n) is 17.9. The molecule has 1 nitrogen and oxygen atoms in total. The molecule has 4 fully saturated rings. The Labute approximate surface area is 245 Å². The van der Waals surface area contributed by atoms with Crippen LogP contribution in [0.5, 0.6) is 0 Å². The molecule has 0 saturated heterocycles. The topological polar surface area (TPSA) is 9.23 Å². The van der Waals surface area contributed by atoms with Gasteiger partial charge in [0.05, 0.1) is 5.60 Å². The molecule has 0 bridgehead atoms. The normalized spacial score (nSPS) is 38.2. The van der Waals surface area contributed by atoms with Crippen LogP contribution in [0.25, 0.3) is 0 Å². The second kappa shape index (κ2) is 13.1. The van der Waals surface area contributed by atoms with Gasteiger partial charge in [0.15, 0.2) is 0 Å². The lowest BCUT2D eigenvalue weighted by molar-refractivity contribution is -0.00478. The molecule has 0 aromatic carbocycles. The monoisotopic (exact) mass is 543 g/mol.